The van der Waals surface area contributed by atoms with Crippen molar-refractivity contribution in [2.45, 2.75) is 53.4 Å². The molecular formula is C13H27N3O. The maximum absolute atomic E-state index is 12.1. The number of allylic oxidation sites excluding steroid dienone is 1. The number of nitrogens with one attached hydrogen (secondary N) is 2. The number of rotatable bonds is 9. The first-order valence-electron chi connectivity index (χ1n) is 6.65. The third-order valence-electron chi connectivity index (χ3n) is 2.32. The van der Waals surface area contributed by atoms with E-state index in [4.69, 9.17) is 0 Å². The van der Waals surface area contributed by atoms with Crippen molar-refractivity contribution in [1.29, 1.82) is 0 Å². The largest absolute Gasteiger partial charge is 0.278 e. The molecule has 4 heteroatoms. The lowest BCUT2D eigenvalue weighted by molar-refractivity contribution is -0.134. The predicted molar refractivity (Wildman–Crippen MR) is 72.1 cm³/mol. The molecule has 0 aromatic heterocycles. The third kappa shape index (κ3) is 7.13. The van der Waals surface area contributed by atoms with E-state index in [1.165, 1.54) is 5.12 Å². The number of unbranched alkanes of at least 4 members (excludes halogenated alkanes) is 1. The number of hydrogen-bond acceptors (Lipinski definition) is 3. The second kappa shape index (κ2) is 10.3. The van der Waals surface area contributed by atoms with Crippen molar-refractivity contribution in [2.75, 3.05) is 13.1 Å². The van der Waals surface area contributed by atoms with Crippen molar-refractivity contribution >= 4 is 5.91 Å². The van der Waals surface area contributed by atoms with Gasteiger partial charge >= 0.3 is 0 Å². The Bertz CT molecular complexity index is 231. The summed E-state index contributed by atoms with van der Waals surface area (Å²) in [7, 11) is 0. The van der Waals surface area contributed by atoms with Gasteiger partial charge in [0.15, 0.2) is 0 Å². The monoisotopic (exact) mass is 241 g/mol. The Morgan fingerprint density at radius 3 is 2.00 bits per heavy atom. The number of hydrazine groups is 2. The topological polar surface area (TPSA) is 44.4 Å². The predicted octanol–water partition coefficient (Wildman–Crippen LogP) is 2.39. The molecule has 0 heterocycles. The first kappa shape index (κ1) is 16.1. The lowest BCUT2D eigenvalue weighted by Crippen LogP contribution is -2.52. The van der Waals surface area contributed by atoms with Gasteiger partial charge in [-0.05, 0) is 26.2 Å². The fraction of sp³-hybridized carbons (Fsp3) is 0.769. The van der Waals surface area contributed by atoms with Crippen LogP contribution in [0, 0.1) is 0 Å². The van der Waals surface area contributed by atoms with Crippen LogP contribution in [-0.4, -0.2) is 24.1 Å². The normalized spacial score (nSPS) is 11.6. The molecule has 0 fully saturated rings. The van der Waals surface area contributed by atoms with Crippen molar-refractivity contribution < 1.29 is 4.79 Å². The van der Waals surface area contributed by atoms with E-state index in [9.17, 15) is 4.79 Å². The summed E-state index contributed by atoms with van der Waals surface area (Å²) in [4.78, 5) is 12.1. The Morgan fingerprint density at radius 1 is 1.06 bits per heavy atom. The van der Waals surface area contributed by atoms with Crippen molar-refractivity contribution in [2.24, 2.45) is 0 Å². The molecule has 0 aromatic rings. The van der Waals surface area contributed by atoms with Gasteiger partial charge in [0.05, 0.1) is 0 Å². The average molecular weight is 241 g/mol. The Hall–Kier alpha value is -0.870. The van der Waals surface area contributed by atoms with Crippen LogP contribution in [0.25, 0.3) is 0 Å². The molecule has 0 atom stereocenters. The van der Waals surface area contributed by atoms with Gasteiger partial charge in [-0.15, -0.1) is 0 Å². The van der Waals surface area contributed by atoms with Crippen LogP contribution < -0.4 is 10.9 Å². The van der Waals surface area contributed by atoms with Gasteiger partial charge in [0.2, 0.25) is 0 Å². The Kier molecular flexibility index (Phi) is 9.77. The lowest BCUT2D eigenvalue weighted by Gasteiger charge is -2.24. The van der Waals surface area contributed by atoms with Crippen LogP contribution in [0.2, 0.25) is 0 Å². The second-order valence-corrected chi connectivity index (χ2v) is 4.13. The summed E-state index contributed by atoms with van der Waals surface area (Å²) in [6, 6.07) is 0. The maximum Gasteiger partial charge on any atom is 0.278 e. The zero-order chi connectivity index (χ0) is 13.1. The first-order chi connectivity index (χ1) is 8.17. The minimum Gasteiger partial charge on any atom is -0.267 e. The van der Waals surface area contributed by atoms with Gasteiger partial charge in [-0.3, -0.25) is 4.79 Å². The van der Waals surface area contributed by atoms with Crippen LogP contribution in [0.3, 0.4) is 0 Å². The summed E-state index contributed by atoms with van der Waals surface area (Å²) in [5.74, 6) is 0.0142. The molecule has 2 N–H and O–H groups in total. The van der Waals surface area contributed by atoms with Crippen molar-refractivity contribution in [3.05, 3.63) is 11.6 Å². The number of amides is 1. The van der Waals surface area contributed by atoms with E-state index < -0.39 is 0 Å². The highest BCUT2D eigenvalue weighted by molar-refractivity contribution is 5.92. The highest BCUT2D eigenvalue weighted by Crippen LogP contribution is 2.01. The quantitative estimate of drug-likeness (QED) is 0.481. The molecule has 1 amide bonds. The van der Waals surface area contributed by atoms with Gasteiger partial charge in [-0.25, -0.2) is 16.0 Å². The third-order valence-corrected chi connectivity index (χ3v) is 2.32. The number of carbonyl (C=O) groups is 1. The van der Waals surface area contributed by atoms with Gasteiger partial charge in [0, 0.05) is 18.7 Å². The summed E-state index contributed by atoms with van der Waals surface area (Å²) in [5.41, 5.74) is 6.98. The number of nitrogens with zero attached hydrogens (tertiary/aromatic N) is 1. The molecule has 17 heavy (non-hydrogen) atoms. The molecule has 0 aliphatic rings. The van der Waals surface area contributed by atoms with E-state index in [0.29, 0.717) is 0 Å². The van der Waals surface area contributed by atoms with Crippen molar-refractivity contribution in [3.8, 4) is 0 Å². The van der Waals surface area contributed by atoms with Gasteiger partial charge in [-0.1, -0.05) is 33.3 Å². The molecule has 0 rings (SSSR count). The van der Waals surface area contributed by atoms with Crippen LogP contribution in [0.5, 0.6) is 0 Å². The Balaban J connectivity index is 4.38. The standard InChI is InChI=1S/C13H27N3O/c1-5-8-9-12(4)13(17)16(14-10-6-2)15-11-7-3/h9,14-15H,5-8,10-11H2,1-4H3. The molecule has 0 saturated carbocycles. The van der Waals surface area contributed by atoms with E-state index in [0.717, 1.165) is 44.3 Å². The molecule has 0 aliphatic heterocycles. The molecular weight excluding hydrogens is 214 g/mol. The Labute approximate surface area is 105 Å². The summed E-state index contributed by atoms with van der Waals surface area (Å²) in [6.07, 6.45) is 6.00. The summed E-state index contributed by atoms with van der Waals surface area (Å²) >= 11 is 0. The van der Waals surface area contributed by atoms with Crippen molar-refractivity contribution in [3.63, 3.8) is 0 Å². The minimum atomic E-state index is 0.0142. The first-order valence-corrected chi connectivity index (χ1v) is 6.65. The molecule has 0 aromatic carbocycles. The zero-order valence-corrected chi connectivity index (χ0v) is 11.7. The average Bonchev–Trinajstić information content (AvgIpc) is 2.35. The lowest BCUT2D eigenvalue weighted by atomic mass is 10.2. The van der Waals surface area contributed by atoms with Crippen LogP contribution in [0.4, 0.5) is 0 Å². The minimum absolute atomic E-state index is 0.0142. The van der Waals surface area contributed by atoms with Gasteiger partial charge in [-0.2, -0.15) is 0 Å². The van der Waals surface area contributed by atoms with E-state index in [2.05, 4.69) is 31.6 Å². The summed E-state index contributed by atoms with van der Waals surface area (Å²) in [6.45, 7) is 9.72. The number of carbonyl (C=O) groups excluding carboxylic acids is 1. The second-order valence-electron chi connectivity index (χ2n) is 4.13. The molecule has 0 spiro atoms. The van der Waals surface area contributed by atoms with E-state index >= 15 is 0 Å². The number of hydrogen-bond donors (Lipinski definition) is 2. The molecule has 0 saturated heterocycles. The van der Waals surface area contributed by atoms with Crippen LogP contribution in [0.1, 0.15) is 53.4 Å². The van der Waals surface area contributed by atoms with E-state index in [1.54, 1.807) is 0 Å². The Morgan fingerprint density at radius 2 is 1.59 bits per heavy atom. The van der Waals surface area contributed by atoms with Crippen molar-refractivity contribution in [1.82, 2.24) is 16.0 Å². The van der Waals surface area contributed by atoms with E-state index in [1.807, 2.05) is 13.0 Å². The molecule has 0 bridgehead atoms. The van der Waals surface area contributed by atoms with Crippen LogP contribution in [-0.2, 0) is 4.79 Å². The molecule has 0 unspecified atom stereocenters. The van der Waals surface area contributed by atoms with Gasteiger partial charge in [0.25, 0.3) is 5.91 Å². The van der Waals surface area contributed by atoms with Crippen LogP contribution in [0.15, 0.2) is 11.6 Å². The van der Waals surface area contributed by atoms with Crippen LogP contribution >= 0.6 is 0 Å². The summed E-state index contributed by atoms with van der Waals surface area (Å²) in [5, 5.41) is 1.52. The smallest absolute Gasteiger partial charge is 0.267 e. The molecule has 4 nitrogen and oxygen atoms in total. The summed E-state index contributed by atoms with van der Waals surface area (Å²) < 4.78 is 0. The highest BCUT2D eigenvalue weighted by atomic mass is 16.2. The zero-order valence-electron chi connectivity index (χ0n) is 11.7. The van der Waals surface area contributed by atoms with E-state index in [-0.39, 0.29) is 5.91 Å². The SMILES string of the molecule is CCCC=C(C)C(=O)N(NCCC)NCCC. The molecule has 0 aliphatic carbocycles. The highest BCUT2D eigenvalue weighted by Gasteiger charge is 2.13. The fourth-order valence-electron chi connectivity index (χ4n) is 1.27. The van der Waals surface area contributed by atoms with Gasteiger partial charge < -0.3 is 0 Å². The maximum atomic E-state index is 12.1. The molecule has 100 valence electrons. The molecule has 0 radical (unpaired) electrons. The fourth-order valence-corrected chi connectivity index (χ4v) is 1.27. The van der Waals surface area contributed by atoms with Gasteiger partial charge in [0.1, 0.15) is 0 Å².